The minimum Gasteiger partial charge on any atom is -0.467 e. The Labute approximate surface area is 148 Å². The zero-order chi connectivity index (χ0) is 17.6. The highest BCUT2D eigenvalue weighted by Crippen LogP contribution is 2.22. The Bertz CT molecular complexity index is 825. The van der Waals surface area contributed by atoms with Gasteiger partial charge >= 0.3 is 5.97 Å². The summed E-state index contributed by atoms with van der Waals surface area (Å²) in [5.41, 5.74) is 0.487. The maximum absolute atomic E-state index is 12.5. The molecule has 1 atom stereocenters. The first-order chi connectivity index (χ1) is 12.1. The Hall–Kier alpha value is -2.99. The van der Waals surface area contributed by atoms with Crippen molar-refractivity contribution in [3.05, 3.63) is 83.2 Å². The van der Waals surface area contributed by atoms with E-state index in [0.29, 0.717) is 16.3 Å². The van der Waals surface area contributed by atoms with Crippen LogP contribution in [-0.4, -0.2) is 11.9 Å². The summed E-state index contributed by atoms with van der Waals surface area (Å²) >= 11 is 5.88. The number of amides is 1. The van der Waals surface area contributed by atoms with Crippen molar-refractivity contribution in [3.8, 4) is 0 Å². The van der Waals surface area contributed by atoms with E-state index >= 15 is 0 Å². The predicted octanol–water partition coefficient (Wildman–Crippen LogP) is 3.74. The lowest BCUT2D eigenvalue weighted by Gasteiger charge is -2.17. The van der Waals surface area contributed by atoms with Crippen molar-refractivity contribution < 1.29 is 23.2 Å². The van der Waals surface area contributed by atoms with Crippen LogP contribution in [0, 0.1) is 0 Å². The molecule has 3 aromatic rings. The van der Waals surface area contributed by atoms with E-state index in [1.165, 1.54) is 18.6 Å². The molecule has 0 saturated carbocycles. The second-order valence-electron chi connectivity index (χ2n) is 5.11. The Morgan fingerprint density at radius 1 is 1.04 bits per heavy atom. The van der Waals surface area contributed by atoms with Crippen molar-refractivity contribution in [3.63, 3.8) is 0 Å². The van der Waals surface area contributed by atoms with Gasteiger partial charge in [0, 0.05) is 10.6 Å². The number of hydrogen-bond acceptors (Lipinski definition) is 5. The van der Waals surface area contributed by atoms with Crippen molar-refractivity contribution in [1.29, 1.82) is 0 Å². The maximum Gasteiger partial charge on any atom is 0.375 e. The lowest BCUT2D eigenvalue weighted by atomic mass is 10.1. The number of ether oxygens (including phenoxy) is 1. The van der Waals surface area contributed by atoms with Gasteiger partial charge in [0.25, 0.3) is 5.91 Å². The second kappa shape index (κ2) is 7.72. The SMILES string of the molecule is O=C(OC(C(=O)NCc1ccco1)c1ccc(Cl)cc1)c1ccco1. The highest BCUT2D eigenvalue weighted by atomic mass is 35.5. The van der Waals surface area contributed by atoms with E-state index in [9.17, 15) is 9.59 Å². The van der Waals surface area contributed by atoms with Crippen LogP contribution in [0.25, 0.3) is 0 Å². The Balaban J connectivity index is 1.76. The normalized spacial score (nSPS) is 11.7. The molecule has 1 amide bonds. The van der Waals surface area contributed by atoms with E-state index in [1.807, 2.05) is 0 Å². The Morgan fingerprint density at radius 2 is 1.76 bits per heavy atom. The summed E-state index contributed by atoms with van der Waals surface area (Å²) in [4.78, 5) is 24.7. The minimum absolute atomic E-state index is 0.0119. The quantitative estimate of drug-likeness (QED) is 0.678. The summed E-state index contributed by atoms with van der Waals surface area (Å²) < 4.78 is 15.5. The molecule has 0 radical (unpaired) electrons. The molecule has 7 heteroatoms. The Morgan fingerprint density at radius 3 is 2.40 bits per heavy atom. The van der Waals surface area contributed by atoms with Crippen LogP contribution in [0.5, 0.6) is 0 Å². The summed E-state index contributed by atoms with van der Waals surface area (Å²) in [6, 6.07) is 12.9. The molecule has 0 fully saturated rings. The van der Waals surface area contributed by atoms with Crippen LogP contribution in [0.15, 0.2) is 69.9 Å². The molecular weight excluding hydrogens is 346 g/mol. The molecule has 0 aliphatic rings. The summed E-state index contributed by atoms with van der Waals surface area (Å²) in [5.74, 6) is -0.630. The summed E-state index contributed by atoms with van der Waals surface area (Å²) in [7, 11) is 0. The third kappa shape index (κ3) is 4.30. The van der Waals surface area contributed by atoms with E-state index in [-0.39, 0.29) is 12.3 Å². The van der Waals surface area contributed by atoms with Gasteiger partial charge in [0.1, 0.15) is 5.76 Å². The van der Waals surface area contributed by atoms with Crippen LogP contribution in [-0.2, 0) is 16.1 Å². The fourth-order valence-electron chi connectivity index (χ4n) is 2.15. The fourth-order valence-corrected chi connectivity index (χ4v) is 2.28. The van der Waals surface area contributed by atoms with Crippen LogP contribution in [0.3, 0.4) is 0 Å². The molecule has 1 aromatic carbocycles. The number of nitrogens with one attached hydrogen (secondary N) is 1. The maximum atomic E-state index is 12.5. The van der Waals surface area contributed by atoms with Crippen LogP contribution in [0.4, 0.5) is 0 Å². The summed E-state index contributed by atoms with van der Waals surface area (Å²) in [6.45, 7) is 0.175. The largest absolute Gasteiger partial charge is 0.467 e. The van der Waals surface area contributed by atoms with Gasteiger partial charge in [0.15, 0.2) is 0 Å². The molecular formula is C18H14ClNO5. The first-order valence-electron chi connectivity index (χ1n) is 7.43. The minimum atomic E-state index is -1.15. The van der Waals surface area contributed by atoms with Crippen molar-refractivity contribution in [2.45, 2.75) is 12.6 Å². The van der Waals surface area contributed by atoms with Crippen molar-refractivity contribution in [1.82, 2.24) is 5.32 Å². The number of halogens is 1. The van der Waals surface area contributed by atoms with E-state index in [4.69, 9.17) is 25.2 Å². The number of carbonyl (C=O) groups excluding carboxylic acids is 2. The van der Waals surface area contributed by atoms with Crippen molar-refractivity contribution in [2.24, 2.45) is 0 Å². The average Bonchev–Trinajstić information content (AvgIpc) is 3.31. The van der Waals surface area contributed by atoms with E-state index in [1.54, 1.807) is 42.5 Å². The van der Waals surface area contributed by atoms with Gasteiger partial charge < -0.3 is 18.9 Å². The molecule has 2 aromatic heterocycles. The predicted molar refractivity (Wildman–Crippen MR) is 88.9 cm³/mol. The molecule has 1 unspecified atom stereocenters. The molecule has 0 aliphatic heterocycles. The molecule has 25 heavy (non-hydrogen) atoms. The van der Waals surface area contributed by atoms with Crippen molar-refractivity contribution >= 4 is 23.5 Å². The molecule has 2 heterocycles. The zero-order valence-electron chi connectivity index (χ0n) is 13.0. The fraction of sp³-hybridized carbons (Fsp3) is 0.111. The van der Waals surface area contributed by atoms with Gasteiger partial charge in [0.2, 0.25) is 11.9 Å². The Kier molecular flexibility index (Phi) is 5.20. The zero-order valence-corrected chi connectivity index (χ0v) is 13.7. The number of benzene rings is 1. The van der Waals surface area contributed by atoms with Crippen LogP contribution >= 0.6 is 11.6 Å². The lowest BCUT2D eigenvalue weighted by molar-refractivity contribution is -0.130. The molecule has 1 N–H and O–H groups in total. The standard InChI is InChI=1S/C18H14ClNO5/c19-13-7-5-12(6-8-13)16(25-18(22)15-4-2-10-24-15)17(21)20-11-14-3-1-9-23-14/h1-10,16H,11H2,(H,20,21). The van der Waals surface area contributed by atoms with Gasteiger partial charge in [-0.05, 0) is 36.4 Å². The summed E-state index contributed by atoms with van der Waals surface area (Å²) in [6.07, 6.45) is 1.71. The highest BCUT2D eigenvalue weighted by Gasteiger charge is 2.26. The molecule has 0 saturated heterocycles. The van der Waals surface area contributed by atoms with Gasteiger partial charge in [-0.2, -0.15) is 0 Å². The van der Waals surface area contributed by atoms with E-state index in [0.717, 1.165) is 0 Å². The van der Waals surface area contributed by atoms with Crippen molar-refractivity contribution in [2.75, 3.05) is 0 Å². The van der Waals surface area contributed by atoms with E-state index < -0.39 is 18.0 Å². The highest BCUT2D eigenvalue weighted by molar-refractivity contribution is 6.30. The number of esters is 1. The van der Waals surface area contributed by atoms with Crippen LogP contribution in [0.1, 0.15) is 28.0 Å². The first kappa shape index (κ1) is 16.9. The van der Waals surface area contributed by atoms with Gasteiger partial charge in [0.05, 0.1) is 19.1 Å². The van der Waals surface area contributed by atoms with Gasteiger partial charge in [-0.25, -0.2) is 4.79 Å². The van der Waals surface area contributed by atoms with Gasteiger partial charge in [-0.15, -0.1) is 0 Å². The average molecular weight is 360 g/mol. The van der Waals surface area contributed by atoms with E-state index in [2.05, 4.69) is 5.32 Å². The van der Waals surface area contributed by atoms with Gasteiger partial charge in [-0.1, -0.05) is 23.7 Å². The van der Waals surface area contributed by atoms with Crippen LogP contribution in [0.2, 0.25) is 5.02 Å². The number of rotatable bonds is 6. The molecule has 0 aliphatic carbocycles. The topological polar surface area (TPSA) is 81.7 Å². The lowest BCUT2D eigenvalue weighted by Crippen LogP contribution is -2.31. The second-order valence-corrected chi connectivity index (χ2v) is 5.55. The molecule has 3 rings (SSSR count). The number of furan rings is 2. The number of carbonyl (C=O) groups is 2. The monoisotopic (exact) mass is 359 g/mol. The van der Waals surface area contributed by atoms with Gasteiger partial charge in [-0.3, -0.25) is 4.79 Å². The third-order valence-electron chi connectivity index (χ3n) is 3.38. The van der Waals surface area contributed by atoms with Crippen LogP contribution < -0.4 is 5.32 Å². The first-order valence-corrected chi connectivity index (χ1v) is 7.81. The molecule has 0 bridgehead atoms. The summed E-state index contributed by atoms with van der Waals surface area (Å²) in [5, 5.41) is 3.19. The molecule has 0 spiro atoms. The third-order valence-corrected chi connectivity index (χ3v) is 3.63. The number of hydrogen-bond donors (Lipinski definition) is 1. The molecule has 6 nitrogen and oxygen atoms in total. The molecule has 128 valence electrons. The smallest absolute Gasteiger partial charge is 0.375 e.